The second kappa shape index (κ2) is 6.89. The summed E-state index contributed by atoms with van der Waals surface area (Å²) in [5.74, 6) is 0.466. The minimum atomic E-state index is -0.242. The summed E-state index contributed by atoms with van der Waals surface area (Å²) in [5, 5.41) is 8.26. The van der Waals surface area contributed by atoms with Gasteiger partial charge in [-0.3, -0.25) is 4.79 Å². The van der Waals surface area contributed by atoms with E-state index in [0.29, 0.717) is 16.6 Å². The number of thiazole rings is 1. The highest BCUT2D eigenvalue weighted by molar-refractivity contribution is 9.10. The van der Waals surface area contributed by atoms with E-state index in [1.54, 1.807) is 5.38 Å². The van der Waals surface area contributed by atoms with Gasteiger partial charge in [-0.15, -0.1) is 11.3 Å². The summed E-state index contributed by atoms with van der Waals surface area (Å²) >= 11 is 4.72. The molecule has 0 spiro atoms. The molecule has 0 saturated carbocycles. The SMILES string of the molecule is Cc1cccc(Nc2nc(C(=O)Nc3ccc(Br)cc3)cs2)n1. The van der Waals surface area contributed by atoms with Crippen LogP contribution in [0.15, 0.2) is 52.3 Å². The molecular formula is C16H13BrN4OS. The van der Waals surface area contributed by atoms with Gasteiger partial charge in [0.05, 0.1) is 0 Å². The molecule has 2 heterocycles. The number of aryl methyl sites for hydroxylation is 1. The summed E-state index contributed by atoms with van der Waals surface area (Å²) in [7, 11) is 0. The molecule has 0 aliphatic carbocycles. The number of nitrogens with one attached hydrogen (secondary N) is 2. The Bertz CT molecular complexity index is 832. The van der Waals surface area contributed by atoms with Crippen LogP contribution in [0, 0.1) is 6.92 Å². The molecule has 0 unspecified atom stereocenters. The van der Waals surface area contributed by atoms with Gasteiger partial charge in [0.1, 0.15) is 11.5 Å². The zero-order chi connectivity index (χ0) is 16.2. The number of carbonyl (C=O) groups is 1. The molecule has 2 N–H and O–H groups in total. The summed E-state index contributed by atoms with van der Waals surface area (Å²) in [6.07, 6.45) is 0. The van der Waals surface area contributed by atoms with E-state index in [9.17, 15) is 4.79 Å². The Morgan fingerprint density at radius 1 is 1.13 bits per heavy atom. The first-order valence-electron chi connectivity index (χ1n) is 6.83. The van der Waals surface area contributed by atoms with Crippen LogP contribution in [0.5, 0.6) is 0 Å². The number of pyridine rings is 1. The molecule has 23 heavy (non-hydrogen) atoms. The summed E-state index contributed by atoms with van der Waals surface area (Å²) < 4.78 is 0.960. The number of rotatable bonds is 4. The zero-order valence-corrected chi connectivity index (χ0v) is 14.6. The van der Waals surface area contributed by atoms with Crippen molar-refractivity contribution in [1.29, 1.82) is 0 Å². The zero-order valence-electron chi connectivity index (χ0n) is 12.2. The molecule has 0 atom stereocenters. The van der Waals surface area contributed by atoms with Crippen LogP contribution in [0.3, 0.4) is 0 Å². The normalized spacial score (nSPS) is 10.3. The Balaban J connectivity index is 1.68. The van der Waals surface area contributed by atoms with E-state index >= 15 is 0 Å². The molecule has 0 bridgehead atoms. The highest BCUT2D eigenvalue weighted by atomic mass is 79.9. The molecule has 2 aromatic heterocycles. The molecule has 0 radical (unpaired) electrons. The smallest absolute Gasteiger partial charge is 0.275 e. The van der Waals surface area contributed by atoms with Crippen molar-refractivity contribution in [3.63, 3.8) is 0 Å². The molecular weight excluding hydrogens is 376 g/mol. The monoisotopic (exact) mass is 388 g/mol. The Hall–Kier alpha value is -2.25. The quantitative estimate of drug-likeness (QED) is 0.684. The number of halogens is 1. The maximum Gasteiger partial charge on any atom is 0.275 e. The van der Waals surface area contributed by atoms with E-state index < -0.39 is 0 Å². The van der Waals surface area contributed by atoms with Crippen molar-refractivity contribution in [3.8, 4) is 0 Å². The van der Waals surface area contributed by atoms with Crippen molar-refractivity contribution < 1.29 is 4.79 Å². The Morgan fingerprint density at radius 3 is 2.65 bits per heavy atom. The second-order valence-corrected chi connectivity index (χ2v) is 6.56. The molecule has 116 valence electrons. The van der Waals surface area contributed by atoms with E-state index in [1.165, 1.54) is 11.3 Å². The van der Waals surface area contributed by atoms with Gasteiger partial charge in [-0.05, 0) is 43.3 Å². The van der Waals surface area contributed by atoms with E-state index in [0.717, 1.165) is 15.9 Å². The van der Waals surface area contributed by atoms with Crippen molar-refractivity contribution in [1.82, 2.24) is 9.97 Å². The Kier molecular flexibility index (Phi) is 4.68. The molecule has 3 rings (SSSR count). The van der Waals surface area contributed by atoms with Crippen molar-refractivity contribution in [2.24, 2.45) is 0 Å². The third kappa shape index (κ3) is 4.14. The van der Waals surface area contributed by atoms with Crippen molar-refractivity contribution in [3.05, 3.63) is 63.7 Å². The van der Waals surface area contributed by atoms with E-state index in [4.69, 9.17) is 0 Å². The molecule has 5 nitrogen and oxygen atoms in total. The lowest BCUT2D eigenvalue weighted by Crippen LogP contribution is -2.12. The first-order chi connectivity index (χ1) is 11.1. The first kappa shape index (κ1) is 15.6. The minimum Gasteiger partial charge on any atom is -0.321 e. The van der Waals surface area contributed by atoms with Crippen LogP contribution in [0.2, 0.25) is 0 Å². The summed E-state index contributed by atoms with van der Waals surface area (Å²) in [4.78, 5) is 20.8. The van der Waals surface area contributed by atoms with Gasteiger partial charge in [0.15, 0.2) is 5.13 Å². The summed E-state index contributed by atoms with van der Waals surface area (Å²) in [5.41, 5.74) is 2.01. The summed E-state index contributed by atoms with van der Waals surface area (Å²) in [6, 6.07) is 13.1. The fourth-order valence-corrected chi connectivity index (χ4v) is 2.85. The predicted molar refractivity (Wildman–Crippen MR) is 96.5 cm³/mol. The lowest BCUT2D eigenvalue weighted by Gasteiger charge is -2.03. The largest absolute Gasteiger partial charge is 0.321 e. The molecule has 3 aromatic rings. The number of amides is 1. The highest BCUT2D eigenvalue weighted by Gasteiger charge is 2.11. The van der Waals surface area contributed by atoms with E-state index in [1.807, 2.05) is 49.4 Å². The van der Waals surface area contributed by atoms with E-state index in [-0.39, 0.29) is 5.91 Å². The maximum atomic E-state index is 12.2. The van der Waals surface area contributed by atoms with Crippen LogP contribution in [0.4, 0.5) is 16.6 Å². The van der Waals surface area contributed by atoms with Gasteiger partial charge in [-0.1, -0.05) is 22.0 Å². The number of hydrogen-bond acceptors (Lipinski definition) is 5. The van der Waals surface area contributed by atoms with Crippen molar-refractivity contribution in [2.45, 2.75) is 6.92 Å². The third-order valence-corrected chi connectivity index (χ3v) is 4.25. The minimum absolute atomic E-state index is 0.242. The van der Waals surface area contributed by atoms with Crippen molar-refractivity contribution >= 4 is 49.8 Å². The molecule has 7 heteroatoms. The second-order valence-electron chi connectivity index (χ2n) is 4.79. The first-order valence-corrected chi connectivity index (χ1v) is 8.50. The van der Waals surface area contributed by atoms with E-state index in [2.05, 4.69) is 36.5 Å². The van der Waals surface area contributed by atoms with Crippen molar-refractivity contribution in [2.75, 3.05) is 10.6 Å². The number of benzene rings is 1. The highest BCUT2D eigenvalue weighted by Crippen LogP contribution is 2.21. The van der Waals surface area contributed by atoms with Gasteiger partial charge in [0.2, 0.25) is 0 Å². The average Bonchev–Trinajstić information content (AvgIpc) is 2.98. The number of carbonyl (C=O) groups excluding carboxylic acids is 1. The van der Waals surface area contributed by atoms with Gasteiger partial charge in [0.25, 0.3) is 5.91 Å². The molecule has 0 fully saturated rings. The fraction of sp³-hybridized carbons (Fsp3) is 0.0625. The molecule has 0 aliphatic heterocycles. The number of nitrogens with zero attached hydrogens (tertiary/aromatic N) is 2. The Labute approximate surface area is 145 Å². The lowest BCUT2D eigenvalue weighted by atomic mass is 10.3. The molecule has 1 aromatic carbocycles. The number of aromatic nitrogens is 2. The number of anilines is 3. The van der Waals surface area contributed by atoms with Crippen LogP contribution < -0.4 is 10.6 Å². The molecule has 0 saturated heterocycles. The van der Waals surface area contributed by atoms with Gasteiger partial charge in [-0.2, -0.15) is 0 Å². The molecule has 0 aliphatic rings. The van der Waals surface area contributed by atoms with Crippen LogP contribution in [-0.4, -0.2) is 15.9 Å². The van der Waals surface area contributed by atoms with Gasteiger partial charge in [-0.25, -0.2) is 9.97 Å². The topological polar surface area (TPSA) is 66.9 Å². The lowest BCUT2D eigenvalue weighted by molar-refractivity contribution is 0.102. The van der Waals surface area contributed by atoms with Crippen LogP contribution >= 0.6 is 27.3 Å². The molecule has 1 amide bonds. The third-order valence-electron chi connectivity index (χ3n) is 2.96. The Morgan fingerprint density at radius 2 is 1.91 bits per heavy atom. The predicted octanol–water partition coefficient (Wildman–Crippen LogP) is 4.60. The van der Waals surface area contributed by atoms with Crippen LogP contribution in [-0.2, 0) is 0 Å². The average molecular weight is 389 g/mol. The van der Waals surface area contributed by atoms with Crippen LogP contribution in [0.25, 0.3) is 0 Å². The standard InChI is InChI=1S/C16H13BrN4OS/c1-10-3-2-4-14(18-10)21-16-20-13(9-23-16)15(22)19-12-7-5-11(17)6-8-12/h2-9H,1H3,(H,19,22)(H,18,20,21). The van der Waals surface area contributed by atoms with Crippen LogP contribution in [0.1, 0.15) is 16.2 Å². The number of hydrogen-bond donors (Lipinski definition) is 2. The van der Waals surface area contributed by atoms with Gasteiger partial charge >= 0.3 is 0 Å². The maximum absolute atomic E-state index is 12.2. The fourth-order valence-electron chi connectivity index (χ4n) is 1.89. The van der Waals surface area contributed by atoms with Gasteiger partial charge < -0.3 is 10.6 Å². The summed E-state index contributed by atoms with van der Waals surface area (Å²) in [6.45, 7) is 1.92. The van der Waals surface area contributed by atoms with Gasteiger partial charge in [0, 0.05) is 21.2 Å².